The van der Waals surface area contributed by atoms with Crippen molar-refractivity contribution in [2.75, 3.05) is 11.9 Å². The van der Waals surface area contributed by atoms with E-state index in [1.807, 2.05) is 62.4 Å². The summed E-state index contributed by atoms with van der Waals surface area (Å²) in [6.45, 7) is 4.34. The minimum Gasteiger partial charge on any atom is -0.492 e. The molecule has 1 amide bonds. The largest absolute Gasteiger partial charge is 0.492 e. The van der Waals surface area contributed by atoms with E-state index in [2.05, 4.69) is 20.1 Å². The third kappa shape index (κ3) is 4.94. The van der Waals surface area contributed by atoms with Crippen LogP contribution in [0.4, 0.5) is 5.69 Å². The molecule has 0 aliphatic heterocycles. The molecular weight excluding hydrogens is 444 g/mol. The minimum absolute atomic E-state index is 0.109. The number of nitrogens with zero attached hydrogens (tertiary/aromatic N) is 3. The van der Waals surface area contributed by atoms with Crippen molar-refractivity contribution in [3.63, 3.8) is 0 Å². The summed E-state index contributed by atoms with van der Waals surface area (Å²) in [5.41, 5.74) is 1.53. The van der Waals surface area contributed by atoms with Gasteiger partial charge in [-0.05, 0) is 51.0 Å². The summed E-state index contributed by atoms with van der Waals surface area (Å²) in [5, 5.41) is 13.0. The lowest BCUT2D eigenvalue weighted by molar-refractivity contribution is -0.115. The number of benzene rings is 2. The zero-order valence-electron chi connectivity index (χ0n) is 18.3. The highest BCUT2D eigenvalue weighted by Gasteiger charge is 2.28. The van der Waals surface area contributed by atoms with Gasteiger partial charge < -0.3 is 10.1 Å². The van der Waals surface area contributed by atoms with E-state index in [0.29, 0.717) is 29.1 Å². The van der Waals surface area contributed by atoms with E-state index in [4.69, 9.17) is 16.3 Å². The molecule has 3 aromatic rings. The van der Waals surface area contributed by atoms with Crippen molar-refractivity contribution in [1.82, 2.24) is 14.8 Å². The van der Waals surface area contributed by atoms with Gasteiger partial charge in [-0.25, -0.2) is 0 Å². The lowest BCUT2D eigenvalue weighted by Crippen LogP contribution is -2.23. The second kappa shape index (κ2) is 10.4. The van der Waals surface area contributed by atoms with Crippen molar-refractivity contribution in [3.05, 3.63) is 53.6 Å². The molecule has 6 nitrogen and oxygen atoms in total. The highest BCUT2D eigenvalue weighted by molar-refractivity contribution is 8.00. The number of carbonyl (C=O) groups excluding carboxylic acids is 1. The molecule has 32 heavy (non-hydrogen) atoms. The molecule has 1 N–H and O–H groups in total. The van der Waals surface area contributed by atoms with Crippen LogP contribution >= 0.6 is 23.4 Å². The van der Waals surface area contributed by atoms with E-state index in [9.17, 15) is 4.79 Å². The quantitative estimate of drug-likeness (QED) is 0.395. The number of rotatable bonds is 8. The van der Waals surface area contributed by atoms with E-state index in [0.717, 1.165) is 29.4 Å². The normalized spacial score (nSPS) is 15.0. The predicted octanol–water partition coefficient (Wildman–Crippen LogP) is 6.23. The van der Waals surface area contributed by atoms with E-state index in [1.165, 1.54) is 24.6 Å². The van der Waals surface area contributed by atoms with Gasteiger partial charge in [0, 0.05) is 11.6 Å². The van der Waals surface area contributed by atoms with Gasteiger partial charge in [-0.15, -0.1) is 10.2 Å². The van der Waals surface area contributed by atoms with Gasteiger partial charge in [0.05, 0.1) is 22.6 Å². The third-order valence-corrected chi connectivity index (χ3v) is 6.95. The first-order chi connectivity index (χ1) is 15.6. The molecule has 4 rings (SSSR count). The van der Waals surface area contributed by atoms with Crippen LogP contribution in [0, 0.1) is 0 Å². The van der Waals surface area contributed by atoms with E-state index >= 15 is 0 Å². The standard InChI is InChI=1S/C24H27ClN4O2S/c1-3-31-21-15-9-8-14-20(21)26-23(30)16(2)32-24-28-27-22(18-12-6-7-13-19(18)25)29(24)17-10-4-5-11-17/h6-9,12-17H,3-5,10-11H2,1-2H3,(H,26,30). The van der Waals surface area contributed by atoms with Crippen LogP contribution in [0.5, 0.6) is 5.75 Å². The van der Waals surface area contributed by atoms with Gasteiger partial charge >= 0.3 is 0 Å². The number of anilines is 1. The fourth-order valence-corrected chi connectivity index (χ4v) is 5.11. The molecule has 0 bridgehead atoms. The Hall–Kier alpha value is -2.51. The second-order valence-corrected chi connectivity index (χ2v) is 9.49. The Kier molecular flexibility index (Phi) is 7.37. The van der Waals surface area contributed by atoms with Crippen LogP contribution in [0.15, 0.2) is 53.7 Å². The lowest BCUT2D eigenvalue weighted by Gasteiger charge is -2.19. The summed E-state index contributed by atoms with van der Waals surface area (Å²) >= 11 is 7.89. The minimum atomic E-state index is -0.367. The molecule has 1 unspecified atom stereocenters. The average molecular weight is 471 g/mol. The van der Waals surface area contributed by atoms with Gasteiger partial charge in [0.1, 0.15) is 5.75 Å². The number of thioether (sulfide) groups is 1. The molecule has 8 heteroatoms. The molecule has 1 aromatic heterocycles. The van der Waals surface area contributed by atoms with Gasteiger partial charge in [0.25, 0.3) is 0 Å². The van der Waals surface area contributed by atoms with Crippen LogP contribution in [0.2, 0.25) is 5.02 Å². The molecule has 1 saturated carbocycles. The van der Waals surface area contributed by atoms with Crippen molar-refractivity contribution in [3.8, 4) is 17.1 Å². The first-order valence-corrected chi connectivity index (χ1v) is 12.2. The SMILES string of the molecule is CCOc1ccccc1NC(=O)C(C)Sc1nnc(-c2ccccc2Cl)n1C1CCCC1. The molecule has 1 aliphatic rings. The maximum absolute atomic E-state index is 13.0. The van der Waals surface area contributed by atoms with Crippen LogP contribution in [0.25, 0.3) is 11.4 Å². The molecule has 1 heterocycles. The number of halogens is 1. The molecule has 0 spiro atoms. The summed E-state index contributed by atoms with van der Waals surface area (Å²) in [6.07, 6.45) is 4.51. The van der Waals surface area contributed by atoms with Gasteiger partial charge in [-0.1, -0.05) is 60.5 Å². The van der Waals surface area contributed by atoms with Crippen molar-refractivity contribution >= 4 is 35.0 Å². The fourth-order valence-electron chi connectivity index (χ4n) is 3.97. The molecular formula is C24H27ClN4O2S. The number of aromatic nitrogens is 3. The maximum atomic E-state index is 13.0. The fraction of sp³-hybridized carbons (Fsp3) is 0.375. The van der Waals surface area contributed by atoms with Crippen molar-refractivity contribution < 1.29 is 9.53 Å². The molecule has 2 aromatic carbocycles. The molecule has 1 atom stereocenters. The number of amides is 1. The smallest absolute Gasteiger partial charge is 0.237 e. The zero-order valence-corrected chi connectivity index (χ0v) is 19.8. The topological polar surface area (TPSA) is 69.0 Å². The number of para-hydroxylation sites is 2. The number of nitrogens with one attached hydrogen (secondary N) is 1. The summed E-state index contributed by atoms with van der Waals surface area (Å²) < 4.78 is 7.80. The van der Waals surface area contributed by atoms with Crippen molar-refractivity contribution in [2.24, 2.45) is 0 Å². The first-order valence-electron chi connectivity index (χ1n) is 11.0. The molecule has 0 radical (unpaired) electrons. The number of ether oxygens (including phenoxy) is 1. The molecule has 1 fully saturated rings. The van der Waals surface area contributed by atoms with Crippen LogP contribution in [0.3, 0.4) is 0 Å². The van der Waals surface area contributed by atoms with Crippen LogP contribution in [-0.4, -0.2) is 32.5 Å². The number of hydrogen-bond donors (Lipinski definition) is 1. The van der Waals surface area contributed by atoms with Gasteiger partial charge in [-0.2, -0.15) is 0 Å². The molecule has 0 saturated heterocycles. The molecule has 1 aliphatic carbocycles. The summed E-state index contributed by atoms with van der Waals surface area (Å²) in [4.78, 5) is 13.0. The average Bonchev–Trinajstić information content (AvgIpc) is 3.45. The van der Waals surface area contributed by atoms with Crippen LogP contribution < -0.4 is 10.1 Å². The van der Waals surface area contributed by atoms with Crippen molar-refractivity contribution in [2.45, 2.75) is 56.0 Å². The Morgan fingerprint density at radius 1 is 1.19 bits per heavy atom. The van der Waals surface area contributed by atoms with Gasteiger partial charge in [-0.3, -0.25) is 9.36 Å². The van der Waals surface area contributed by atoms with E-state index in [1.54, 1.807) is 0 Å². The Balaban J connectivity index is 1.57. The van der Waals surface area contributed by atoms with Crippen LogP contribution in [-0.2, 0) is 4.79 Å². The van der Waals surface area contributed by atoms with Gasteiger partial charge in [0.15, 0.2) is 11.0 Å². The molecule has 168 valence electrons. The third-order valence-electron chi connectivity index (χ3n) is 5.57. The van der Waals surface area contributed by atoms with Crippen LogP contribution in [0.1, 0.15) is 45.6 Å². The Bertz CT molecular complexity index is 1080. The predicted molar refractivity (Wildman–Crippen MR) is 130 cm³/mol. The lowest BCUT2D eigenvalue weighted by atomic mass is 10.2. The first kappa shape index (κ1) is 22.7. The maximum Gasteiger partial charge on any atom is 0.237 e. The summed E-state index contributed by atoms with van der Waals surface area (Å²) in [5.74, 6) is 1.32. The second-order valence-electron chi connectivity index (χ2n) is 7.77. The highest BCUT2D eigenvalue weighted by atomic mass is 35.5. The Morgan fingerprint density at radius 2 is 1.91 bits per heavy atom. The Morgan fingerprint density at radius 3 is 2.66 bits per heavy atom. The summed E-state index contributed by atoms with van der Waals surface area (Å²) in [6, 6.07) is 15.5. The Labute approximate surface area is 197 Å². The van der Waals surface area contributed by atoms with E-state index < -0.39 is 0 Å². The van der Waals surface area contributed by atoms with Gasteiger partial charge in [0.2, 0.25) is 5.91 Å². The zero-order chi connectivity index (χ0) is 22.5. The van der Waals surface area contributed by atoms with E-state index in [-0.39, 0.29) is 11.2 Å². The monoisotopic (exact) mass is 470 g/mol. The summed E-state index contributed by atoms with van der Waals surface area (Å²) in [7, 11) is 0. The number of hydrogen-bond acceptors (Lipinski definition) is 5. The highest BCUT2D eigenvalue weighted by Crippen LogP contribution is 2.39. The van der Waals surface area contributed by atoms with Crippen molar-refractivity contribution in [1.29, 1.82) is 0 Å². The number of carbonyl (C=O) groups is 1.